The Morgan fingerprint density at radius 3 is 2.62 bits per heavy atom. The van der Waals surface area contributed by atoms with Crippen LogP contribution in [0.25, 0.3) is 0 Å². The van der Waals surface area contributed by atoms with Crippen LogP contribution in [0, 0.1) is 13.8 Å². The second-order valence-electron chi connectivity index (χ2n) is 2.96. The van der Waals surface area contributed by atoms with Crippen LogP contribution in [-0.4, -0.2) is 12.5 Å². The monoisotopic (exact) mass is 178 g/mol. The van der Waals surface area contributed by atoms with Crippen LogP contribution in [-0.2, 0) is 4.79 Å². The molecule has 1 amide bonds. The van der Waals surface area contributed by atoms with E-state index in [2.05, 4.69) is 0 Å². The standard InChI is InChI=1S/C10H12NO2/c1-7-3-4-9(5-8(7)2)13-6-10(11)12/h3-5,11H,6H2,1-2H3. The zero-order valence-corrected chi connectivity index (χ0v) is 7.76. The Labute approximate surface area is 77.5 Å². The molecule has 1 aromatic rings. The number of carbonyl (C=O) groups is 1. The van der Waals surface area contributed by atoms with Crippen molar-refractivity contribution in [3.05, 3.63) is 29.3 Å². The fraction of sp³-hybridized carbons (Fsp3) is 0.300. The van der Waals surface area contributed by atoms with Gasteiger partial charge in [0.05, 0.1) is 0 Å². The normalized spacial score (nSPS) is 9.69. The topological polar surface area (TPSA) is 50.1 Å². The van der Waals surface area contributed by atoms with Gasteiger partial charge in [-0.25, -0.2) is 0 Å². The van der Waals surface area contributed by atoms with E-state index in [0.29, 0.717) is 5.75 Å². The second-order valence-corrected chi connectivity index (χ2v) is 2.96. The van der Waals surface area contributed by atoms with Gasteiger partial charge in [-0.3, -0.25) is 10.5 Å². The lowest BCUT2D eigenvalue weighted by Gasteiger charge is -2.05. The predicted molar refractivity (Wildman–Crippen MR) is 49.5 cm³/mol. The zero-order chi connectivity index (χ0) is 9.84. The molecule has 13 heavy (non-hydrogen) atoms. The minimum absolute atomic E-state index is 0.178. The minimum atomic E-state index is -0.710. The maximum atomic E-state index is 10.3. The van der Waals surface area contributed by atoms with Gasteiger partial charge in [-0.15, -0.1) is 0 Å². The SMILES string of the molecule is Cc1ccc(OCC([NH])=O)cc1C. The van der Waals surface area contributed by atoms with Gasteiger partial charge in [0.25, 0.3) is 5.91 Å². The molecule has 0 aliphatic carbocycles. The number of hydrogen-bond donors (Lipinski definition) is 0. The quantitative estimate of drug-likeness (QED) is 0.704. The van der Waals surface area contributed by atoms with Gasteiger partial charge in [0.2, 0.25) is 0 Å². The third kappa shape index (κ3) is 2.78. The molecule has 69 valence electrons. The van der Waals surface area contributed by atoms with Gasteiger partial charge in [-0.2, -0.15) is 0 Å². The lowest BCUT2D eigenvalue weighted by molar-refractivity contribution is -0.120. The number of aryl methyl sites for hydroxylation is 2. The average molecular weight is 178 g/mol. The van der Waals surface area contributed by atoms with Gasteiger partial charge in [-0.05, 0) is 37.1 Å². The van der Waals surface area contributed by atoms with Gasteiger partial charge in [0.1, 0.15) is 5.75 Å². The van der Waals surface area contributed by atoms with Crippen LogP contribution < -0.4 is 10.5 Å². The maximum Gasteiger partial charge on any atom is 0.276 e. The summed E-state index contributed by atoms with van der Waals surface area (Å²) in [5.74, 6) is -0.0677. The van der Waals surface area contributed by atoms with Crippen molar-refractivity contribution in [1.82, 2.24) is 5.73 Å². The summed E-state index contributed by atoms with van der Waals surface area (Å²) in [7, 11) is 0. The largest absolute Gasteiger partial charge is 0.484 e. The third-order valence-corrected chi connectivity index (χ3v) is 1.85. The number of rotatable bonds is 3. The minimum Gasteiger partial charge on any atom is -0.484 e. The zero-order valence-electron chi connectivity index (χ0n) is 7.76. The summed E-state index contributed by atoms with van der Waals surface area (Å²) in [4.78, 5) is 10.3. The molecule has 0 atom stereocenters. The molecule has 0 heterocycles. The summed E-state index contributed by atoms with van der Waals surface area (Å²) in [5.41, 5.74) is 8.96. The summed E-state index contributed by atoms with van der Waals surface area (Å²) in [6.07, 6.45) is 0. The Hall–Kier alpha value is -1.51. The predicted octanol–water partition coefficient (Wildman–Crippen LogP) is 1.49. The van der Waals surface area contributed by atoms with Crippen molar-refractivity contribution in [2.75, 3.05) is 6.61 Å². The van der Waals surface area contributed by atoms with E-state index in [1.165, 1.54) is 5.56 Å². The molecular formula is C10H12NO2. The Morgan fingerprint density at radius 2 is 2.08 bits per heavy atom. The van der Waals surface area contributed by atoms with Crippen molar-refractivity contribution in [2.24, 2.45) is 0 Å². The molecule has 1 radical (unpaired) electrons. The Morgan fingerprint density at radius 1 is 1.38 bits per heavy atom. The van der Waals surface area contributed by atoms with Crippen LogP contribution in [0.1, 0.15) is 11.1 Å². The Balaban J connectivity index is 2.68. The van der Waals surface area contributed by atoms with Gasteiger partial charge in [0.15, 0.2) is 6.61 Å². The molecule has 0 fully saturated rings. The number of benzene rings is 1. The molecule has 0 aromatic heterocycles. The van der Waals surface area contributed by atoms with Gasteiger partial charge in [-0.1, -0.05) is 6.07 Å². The Bertz CT molecular complexity index is 321. The fourth-order valence-corrected chi connectivity index (χ4v) is 0.953. The van der Waals surface area contributed by atoms with Crippen molar-refractivity contribution in [1.29, 1.82) is 0 Å². The highest BCUT2D eigenvalue weighted by atomic mass is 16.5. The van der Waals surface area contributed by atoms with Gasteiger partial charge < -0.3 is 4.74 Å². The fourth-order valence-electron chi connectivity index (χ4n) is 0.953. The number of amides is 1. The van der Waals surface area contributed by atoms with E-state index in [4.69, 9.17) is 10.5 Å². The molecule has 0 saturated heterocycles. The van der Waals surface area contributed by atoms with Crippen LogP contribution >= 0.6 is 0 Å². The van der Waals surface area contributed by atoms with Crippen LogP contribution in [0.2, 0.25) is 0 Å². The number of hydrogen-bond acceptors (Lipinski definition) is 2. The molecule has 0 aliphatic heterocycles. The molecule has 0 saturated carbocycles. The van der Waals surface area contributed by atoms with E-state index in [1.807, 2.05) is 26.0 Å². The number of nitrogens with one attached hydrogen (secondary N) is 1. The van der Waals surface area contributed by atoms with E-state index in [9.17, 15) is 4.79 Å². The first-order valence-electron chi connectivity index (χ1n) is 4.04. The van der Waals surface area contributed by atoms with Crippen molar-refractivity contribution < 1.29 is 9.53 Å². The smallest absolute Gasteiger partial charge is 0.276 e. The maximum absolute atomic E-state index is 10.3. The van der Waals surface area contributed by atoms with E-state index in [-0.39, 0.29) is 6.61 Å². The molecule has 0 unspecified atom stereocenters. The number of carbonyl (C=O) groups excluding carboxylic acids is 1. The highest BCUT2D eigenvalue weighted by molar-refractivity contribution is 5.74. The van der Waals surface area contributed by atoms with Crippen LogP contribution in [0.5, 0.6) is 5.75 Å². The molecule has 0 bridgehead atoms. The van der Waals surface area contributed by atoms with Crippen molar-refractivity contribution in [3.63, 3.8) is 0 Å². The highest BCUT2D eigenvalue weighted by Crippen LogP contribution is 2.15. The van der Waals surface area contributed by atoms with Crippen LogP contribution in [0.4, 0.5) is 0 Å². The van der Waals surface area contributed by atoms with Crippen molar-refractivity contribution in [2.45, 2.75) is 13.8 Å². The molecule has 0 spiro atoms. The second kappa shape index (κ2) is 3.94. The first-order valence-corrected chi connectivity index (χ1v) is 4.04. The Kier molecular flexibility index (Phi) is 2.90. The molecule has 0 aliphatic rings. The lowest BCUT2D eigenvalue weighted by Crippen LogP contribution is -2.11. The number of ether oxygens (including phenoxy) is 1. The molecule has 1 aromatic carbocycles. The van der Waals surface area contributed by atoms with Gasteiger partial charge in [0, 0.05) is 0 Å². The molecule has 1 N–H and O–H groups in total. The summed E-state index contributed by atoms with van der Waals surface area (Å²) >= 11 is 0. The first-order chi connectivity index (χ1) is 6.09. The van der Waals surface area contributed by atoms with E-state index in [1.54, 1.807) is 6.07 Å². The third-order valence-electron chi connectivity index (χ3n) is 1.85. The van der Waals surface area contributed by atoms with Crippen molar-refractivity contribution >= 4 is 5.91 Å². The molecule has 3 heteroatoms. The highest BCUT2D eigenvalue weighted by Gasteiger charge is 1.99. The summed E-state index contributed by atoms with van der Waals surface area (Å²) in [6, 6.07) is 5.59. The van der Waals surface area contributed by atoms with E-state index < -0.39 is 5.91 Å². The summed E-state index contributed by atoms with van der Waals surface area (Å²) in [5, 5.41) is 0. The van der Waals surface area contributed by atoms with Gasteiger partial charge >= 0.3 is 0 Å². The average Bonchev–Trinajstić information content (AvgIpc) is 2.07. The van der Waals surface area contributed by atoms with Crippen LogP contribution in [0.3, 0.4) is 0 Å². The van der Waals surface area contributed by atoms with Crippen molar-refractivity contribution in [3.8, 4) is 5.75 Å². The van der Waals surface area contributed by atoms with Crippen LogP contribution in [0.15, 0.2) is 18.2 Å². The molecule has 3 nitrogen and oxygen atoms in total. The first kappa shape index (κ1) is 9.58. The van der Waals surface area contributed by atoms with E-state index in [0.717, 1.165) is 5.56 Å². The molecule has 1 rings (SSSR count). The molecular weight excluding hydrogens is 166 g/mol. The lowest BCUT2D eigenvalue weighted by atomic mass is 10.1. The summed E-state index contributed by atoms with van der Waals surface area (Å²) in [6.45, 7) is 3.81. The summed E-state index contributed by atoms with van der Waals surface area (Å²) < 4.78 is 5.07. The van der Waals surface area contributed by atoms with E-state index >= 15 is 0 Å².